The summed E-state index contributed by atoms with van der Waals surface area (Å²) in [7, 11) is 0. The number of hydrogen-bond acceptors (Lipinski definition) is 0. The lowest BCUT2D eigenvalue weighted by Crippen LogP contribution is -2.20. The van der Waals surface area contributed by atoms with Crippen molar-refractivity contribution in [2.24, 2.45) is 0 Å². The Morgan fingerprint density at radius 1 is 1.31 bits per heavy atom. The van der Waals surface area contributed by atoms with E-state index >= 15 is 0 Å². The molecule has 13 heavy (non-hydrogen) atoms. The number of hydrogen-bond donors (Lipinski definition) is 0. The molecule has 0 aromatic heterocycles. The van der Waals surface area contributed by atoms with Gasteiger partial charge in [0.2, 0.25) is 0 Å². The molecule has 0 radical (unpaired) electrons. The highest BCUT2D eigenvalue weighted by Crippen LogP contribution is 2.32. The Morgan fingerprint density at radius 2 is 1.85 bits per heavy atom. The van der Waals surface area contributed by atoms with Crippen LogP contribution in [0, 0.1) is 6.57 Å². The third-order valence-corrected chi connectivity index (χ3v) is 1.89. The molecule has 0 saturated heterocycles. The largest absolute Gasteiger partial charge is 0.305 e. The van der Waals surface area contributed by atoms with Gasteiger partial charge in [-0.05, 0) is 13.8 Å². The predicted octanol–water partition coefficient (Wildman–Crippen LogP) is 3.40. The third-order valence-electron chi connectivity index (χ3n) is 1.89. The topological polar surface area (TPSA) is 4.36 Å². The fourth-order valence-corrected chi connectivity index (χ4v) is 1.26. The summed E-state index contributed by atoms with van der Waals surface area (Å²) in [6, 6.07) is 8.36. The van der Waals surface area contributed by atoms with Gasteiger partial charge in [-0.1, -0.05) is 30.3 Å². The van der Waals surface area contributed by atoms with E-state index in [2.05, 4.69) is 4.85 Å². The summed E-state index contributed by atoms with van der Waals surface area (Å²) in [6.07, 6.45) is 0. The summed E-state index contributed by atoms with van der Waals surface area (Å²) >= 11 is 0. The van der Waals surface area contributed by atoms with Crippen molar-refractivity contribution in [3.8, 4) is 0 Å². The van der Waals surface area contributed by atoms with E-state index in [-0.39, 0.29) is 0 Å². The molecule has 0 aliphatic heterocycles. The first-order valence-electron chi connectivity index (χ1n) is 4.16. The monoisotopic (exact) mass is 177 g/mol. The molecular formula is C11H12FN. The van der Waals surface area contributed by atoms with Crippen LogP contribution in [0.1, 0.15) is 25.5 Å². The Balaban J connectivity index is 3.01. The molecule has 0 saturated carbocycles. The van der Waals surface area contributed by atoms with Crippen LogP contribution in [0.2, 0.25) is 0 Å². The van der Waals surface area contributed by atoms with Crippen LogP contribution in [0.4, 0.5) is 4.39 Å². The fourth-order valence-electron chi connectivity index (χ4n) is 1.26. The van der Waals surface area contributed by atoms with Crippen molar-refractivity contribution in [1.29, 1.82) is 0 Å². The molecule has 0 heterocycles. The zero-order chi connectivity index (χ0) is 9.90. The van der Waals surface area contributed by atoms with Gasteiger partial charge < -0.3 is 4.85 Å². The Labute approximate surface area is 78.0 Å². The molecule has 1 unspecified atom stereocenters. The zero-order valence-corrected chi connectivity index (χ0v) is 7.79. The number of alkyl halides is 1. The minimum atomic E-state index is -1.48. The highest BCUT2D eigenvalue weighted by atomic mass is 19.1. The maximum atomic E-state index is 13.5. The minimum Gasteiger partial charge on any atom is -0.305 e. The van der Waals surface area contributed by atoms with Crippen LogP contribution in [0.5, 0.6) is 0 Å². The average Bonchev–Trinajstić information content (AvgIpc) is 2.05. The summed E-state index contributed by atoms with van der Waals surface area (Å²) in [6.45, 7) is 9.80. The SMILES string of the molecule is [C-]#[N+]C(c1ccccc1)C(C)(C)F. The molecule has 1 atom stereocenters. The lowest BCUT2D eigenvalue weighted by atomic mass is 9.94. The van der Waals surface area contributed by atoms with Gasteiger partial charge >= 0.3 is 0 Å². The van der Waals surface area contributed by atoms with E-state index in [0.29, 0.717) is 0 Å². The van der Waals surface area contributed by atoms with Crippen molar-refractivity contribution in [1.82, 2.24) is 0 Å². The van der Waals surface area contributed by atoms with Crippen molar-refractivity contribution in [2.45, 2.75) is 25.6 Å². The van der Waals surface area contributed by atoms with Crippen molar-refractivity contribution >= 4 is 0 Å². The molecule has 0 aliphatic carbocycles. The second-order valence-corrected chi connectivity index (χ2v) is 3.51. The van der Waals surface area contributed by atoms with Crippen molar-refractivity contribution in [3.05, 3.63) is 47.3 Å². The Morgan fingerprint density at radius 3 is 2.23 bits per heavy atom. The van der Waals surface area contributed by atoms with Gasteiger partial charge in [0.25, 0.3) is 6.04 Å². The van der Waals surface area contributed by atoms with Crippen LogP contribution in [0.25, 0.3) is 4.85 Å². The summed E-state index contributed by atoms with van der Waals surface area (Å²) in [4.78, 5) is 3.30. The van der Waals surface area contributed by atoms with Gasteiger partial charge in [0.05, 0.1) is 0 Å². The molecule has 2 heteroatoms. The van der Waals surface area contributed by atoms with Crippen molar-refractivity contribution < 1.29 is 4.39 Å². The van der Waals surface area contributed by atoms with Gasteiger partial charge in [0.15, 0.2) is 5.67 Å². The molecular weight excluding hydrogens is 165 g/mol. The first-order valence-corrected chi connectivity index (χ1v) is 4.16. The fraction of sp³-hybridized carbons (Fsp3) is 0.364. The molecule has 1 nitrogen and oxygen atoms in total. The Bertz CT molecular complexity index is 305. The molecule has 0 amide bonds. The van der Waals surface area contributed by atoms with Gasteiger partial charge in [-0.2, -0.15) is 0 Å². The van der Waals surface area contributed by atoms with E-state index < -0.39 is 11.7 Å². The maximum Gasteiger partial charge on any atom is 0.281 e. The first-order chi connectivity index (χ1) is 6.05. The minimum absolute atomic E-state index is 0.700. The zero-order valence-electron chi connectivity index (χ0n) is 7.79. The number of halogens is 1. The molecule has 1 rings (SSSR count). The van der Waals surface area contributed by atoms with Crippen LogP contribution >= 0.6 is 0 Å². The Kier molecular flexibility index (Phi) is 2.67. The standard InChI is InChI=1S/C11H12FN/c1-11(2,12)10(13-3)9-7-5-4-6-8-9/h4-8,10H,1-2H3. The van der Waals surface area contributed by atoms with E-state index in [1.165, 1.54) is 13.8 Å². The lowest BCUT2D eigenvalue weighted by Gasteiger charge is -2.16. The molecule has 0 N–H and O–H groups in total. The lowest BCUT2D eigenvalue weighted by molar-refractivity contribution is 0.193. The van der Waals surface area contributed by atoms with Crippen LogP contribution in [-0.4, -0.2) is 5.67 Å². The van der Waals surface area contributed by atoms with Crippen LogP contribution in [0.3, 0.4) is 0 Å². The van der Waals surface area contributed by atoms with Crippen molar-refractivity contribution in [2.75, 3.05) is 0 Å². The highest BCUT2D eigenvalue weighted by Gasteiger charge is 2.35. The van der Waals surface area contributed by atoms with Crippen LogP contribution in [0.15, 0.2) is 30.3 Å². The van der Waals surface area contributed by atoms with E-state index in [1.807, 2.05) is 18.2 Å². The first kappa shape index (κ1) is 9.73. The quantitative estimate of drug-likeness (QED) is 0.610. The molecule has 1 aromatic carbocycles. The van der Waals surface area contributed by atoms with Gasteiger partial charge in [-0.3, -0.25) is 0 Å². The third kappa shape index (κ3) is 2.29. The smallest absolute Gasteiger partial charge is 0.281 e. The summed E-state index contributed by atoms with van der Waals surface area (Å²) in [5, 5.41) is 0. The number of rotatable bonds is 2. The van der Waals surface area contributed by atoms with E-state index in [4.69, 9.17) is 6.57 Å². The Hall–Kier alpha value is -1.36. The maximum absolute atomic E-state index is 13.5. The van der Waals surface area contributed by atoms with Crippen molar-refractivity contribution in [3.63, 3.8) is 0 Å². The van der Waals surface area contributed by atoms with E-state index in [9.17, 15) is 4.39 Å². The summed E-state index contributed by atoms with van der Waals surface area (Å²) in [5.41, 5.74) is -0.742. The number of benzene rings is 1. The molecule has 0 bridgehead atoms. The summed E-state index contributed by atoms with van der Waals surface area (Å²) in [5.74, 6) is 0. The predicted molar refractivity (Wildman–Crippen MR) is 51.0 cm³/mol. The molecule has 1 aromatic rings. The molecule has 0 spiro atoms. The van der Waals surface area contributed by atoms with Gasteiger partial charge in [-0.15, -0.1) is 0 Å². The van der Waals surface area contributed by atoms with E-state index in [1.54, 1.807) is 12.1 Å². The van der Waals surface area contributed by atoms with Gasteiger partial charge in [0.1, 0.15) is 0 Å². The second kappa shape index (κ2) is 3.57. The molecule has 0 fully saturated rings. The molecule has 68 valence electrons. The summed E-state index contributed by atoms with van der Waals surface area (Å²) < 4.78 is 13.5. The van der Waals surface area contributed by atoms with Gasteiger partial charge in [-0.25, -0.2) is 11.0 Å². The van der Waals surface area contributed by atoms with E-state index in [0.717, 1.165) is 5.56 Å². The van der Waals surface area contributed by atoms with Crippen LogP contribution in [-0.2, 0) is 0 Å². The normalized spacial score (nSPS) is 13.4. The van der Waals surface area contributed by atoms with Crippen LogP contribution < -0.4 is 0 Å². The average molecular weight is 177 g/mol. The highest BCUT2D eigenvalue weighted by molar-refractivity contribution is 5.24. The number of nitrogens with zero attached hydrogens (tertiary/aromatic N) is 1. The second-order valence-electron chi connectivity index (χ2n) is 3.51. The molecule has 0 aliphatic rings. The van der Waals surface area contributed by atoms with Gasteiger partial charge in [0, 0.05) is 5.56 Å².